The van der Waals surface area contributed by atoms with Crippen LogP contribution in [-0.2, 0) is 19.5 Å². The van der Waals surface area contributed by atoms with Crippen molar-refractivity contribution in [3.8, 4) is 0 Å². The Morgan fingerprint density at radius 1 is 1.23 bits per heavy atom. The van der Waals surface area contributed by atoms with E-state index in [2.05, 4.69) is 9.62 Å². The molecule has 0 saturated carbocycles. The molecule has 0 aromatic rings. The Kier molecular flexibility index (Phi) is 5.09. The molecule has 3 rings (SSSR count). The number of fused-ring (bicyclic) bond motifs is 1. The van der Waals surface area contributed by atoms with Crippen LogP contribution in [0.4, 0.5) is 0 Å². The second kappa shape index (κ2) is 6.73. The van der Waals surface area contributed by atoms with E-state index < -0.39 is 10.0 Å². The maximum Gasteiger partial charge on any atom is 0.208 e. The van der Waals surface area contributed by atoms with Crippen LogP contribution in [0.25, 0.3) is 0 Å². The quantitative estimate of drug-likeness (QED) is 0.798. The van der Waals surface area contributed by atoms with Crippen molar-refractivity contribution < 1.29 is 17.9 Å². The number of likely N-dealkylation sites (tertiary alicyclic amines) is 1. The number of hydrogen-bond donors (Lipinski definition) is 1. The summed E-state index contributed by atoms with van der Waals surface area (Å²) < 4.78 is 36.7. The molecule has 3 aliphatic rings. The number of hydrogen-bond acceptors (Lipinski definition) is 5. The zero-order valence-corrected chi connectivity index (χ0v) is 14.2. The highest BCUT2D eigenvalue weighted by atomic mass is 32.2. The summed E-state index contributed by atoms with van der Waals surface area (Å²) >= 11 is 0. The van der Waals surface area contributed by atoms with Gasteiger partial charge in [0.2, 0.25) is 10.0 Å². The minimum atomic E-state index is -3.11. The number of ether oxygens (including phenoxy) is 2. The van der Waals surface area contributed by atoms with Crippen molar-refractivity contribution in [3.63, 3.8) is 0 Å². The number of sulfonamides is 1. The van der Waals surface area contributed by atoms with Crippen LogP contribution in [0.3, 0.4) is 0 Å². The van der Waals surface area contributed by atoms with E-state index >= 15 is 0 Å². The van der Waals surface area contributed by atoms with Crippen LogP contribution in [0, 0.1) is 5.41 Å². The molecule has 22 heavy (non-hydrogen) atoms. The monoisotopic (exact) mass is 332 g/mol. The standard InChI is InChI=1S/C15H28N2O4S/c1-22(18,19)16-7-5-15-6-11-21-14(15)2-8-17(12-15)13-3-9-20-10-4-13/h13-14,16H,2-12H2,1H3/t14-,15+/m0/s1. The Labute approximate surface area is 133 Å². The van der Waals surface area contributed by atoms with Crippen LogP contribution in [0.1, 0.15) is 32.1 Å². The van der Waals surface area contributed by atoms with Crippen molar-refractivity contribution in [2.75, 3.05) is 45.7 Å². The molecular weight excluding hydrogens is 304 g/mol. The van der Waals surface area contributed by atoms with Crippen LogP contribution in [0.5, 0.6) is 0 Å². The number of piperidine rings is 1. The van der Waals surface area contributed by atoms with E-state index in [0.717, 1.165) is 65.0 Å². The number of nitrogens with one attached hydrogen (secondary N) is 1. The van der Waals surface area contributed by atoms with Crippen LogP contribution in [0.15, 0.2) is 0 Å². The summed E-state index contributed by atoms with van der Waals surface area (Å²) in [5.41, 5.74) is 0.119. The van der Waals surface area contributed by atoms with E-state index in [-0.39, 0.29) is 5.41 Å². The summed E-state index contributed by atoms with van der Waals surface area (Å²) in [4.78, 5) is 2.61. The highest BCUT2D eigenvalue weighted by Gasteiger charge is 2.48. The first-order valence-electron chi connectivity index (χ1n) is 8.37. The third kappa shape index (κ3) is 3.82. The lowest BCUT2D eigenvalue weighted by Crippen LogP contribution is -2.54. The molecule has 3 heterocycles. The second-order valence-electron chi connectivity index (χ2n) is 6.99. The lowest BCUT2D eigenvalue weighted by molar-refractivity contribution is -0.0527. The molecular formula is C15H28N2O4S. The SMILES string of the molecule is CS(=O)(=O)NCC[C@]12CCO[C@H]1CCN(C1CCOCC1)C2. The summed E-state index contributed by atoms with van der Waals surface area (Å²) in [6.45, 7) is 5.18. The Balaban J connectivity index is 1.63. The van der Waals surface area contributed by atoms with E-state index in [1.807, 2.05) is 0 Å². The lowest BCUT2D eigenvalue weighted by atomic mass is 9.73. The molecule has 6 nitrogen and oxygen atoms in total. The van der Waals surface area contributed by atoms with Crippen molar-refractivity contribution in [1.29, 1.82) is 0 Å². The minimum Gasteiger partial charge on any atom is -0.381 e. The van der Waals surface area contributed by atoms with Gasteiger partial charge in [0.05, 0.1) is 12.4 Å². The summed E-state index contributed by atoms with van der Waals surface area (Å²) in [6, 6.07) is 0.620. The molecule has 0 radical (unpaired) electrons. The zero-order chi connectivity index (χ0) is 15.6. The average Bonchev–Trinajstić information content (AvgIpc) is 2.89. The Morgan fingerprint density at radius 3 is 2.73 bits per heavy atom. The van der Waals surface area contributed by atoms with Crippen molar-refractivity contribution in [3.05, 3.63) is 0 Å². The fourth-order valence-electron chi connectivity index (χ4n) is 4.29. The van der Waals surface area contributed by atoms with Gasteiger partial charge in [-0.15, -0.1) is 0 Å². The van der Waals surface area contributed by atoms with Gasteiger partial charge >= 0.3 is 0 Å². The summed E-state index contributed by atoms with van der Waals surface area (Å²) in [7, 11) is -3.11. The molecule has 0 aromatic heterocycles. The van der Waals surface area contributed by atoms with Gasteiger partial charge in [-0.05, 0) is 32.1 Å². The fourth-order valence-corrected chi connectivity index (χ4v) is 4.76. The van der Waals surface area contributed by atoms with Crippen molar-refractivity contribution >= 4 is 10.0 Å². The Bertz CT molecular complexity index is 478. The molecule has 0 bridgehead atoms. The molecule has 3 aliphatic heterocycles. The molecule has 7 heteroatoms. The van der Waals surface area contributed by atoms with Crippen molar-refractivity contribution in [2.24, 2.45) is 5.41 Å². The van der Waals surface area contributed by atoms with Crippen LogP contribution in [-0.4, -0.2) is 71.2 Å². The van der Waals surface area contributed by atoms with E-state index in [9.17, 15) is 8.42 Å². The van der Waals surface area contributed by atoms with Gasteiger partial charge in [-0.1, -0.05) is 0 Å². The zero-order valence-electron chi connectivity index (χ0n) is 13.4. The van der Waals surface area contributed by atoms with Crippen LogP contribution in [0.2, 0.25) is 0 Å². The molecule has 0 spiro atoms. The van der Waals surface area contributed by atoms with Gasteiger partial charge in [-0.25, -0.2) is 13.1 Å². The highest BCUT2D eigenvalue weighted by Crippen LogP contribution is 2.44. The van der Waals surface area contributed by atoms with E-state index in [0.29, 0.717) is 18.7 Å². The Morgan fingerprint density at radius 2 is 2.00 bits per heavy atom. The topological polar surface area (TPSA) is 67.9 Å². The van der Waals surface area contributed by atoms with Crippen molar-refractivity contribution in [1.82, 2.24) is 9.62 Å². The van der Waals surface area contributed by atoms with Gasteiger partial charge in [0.25, 0.3) is 0 Å². The maximum atomic E-state index is 11.3. The summed E-state index contributed by atoms with van der Waals surface area (Å²) in [5.74, 6) is 0. The first kappa shape index (κ1) is 16.6. The average molecular weight is 332 g/mol. The molecule has 0 amide bonds. The molecule has 0 unspecified atom stereocenters. The molecule has 2 atom stereocenters. The molecule has 3 saturated heterocycles. The van der Waals surface area contributed by atoms with Gasteiger partial charge in [0, 0.05) is 50.9 Å². The largest absolute Gasteiger partial charge is 0.381 e. The molecule has 3 fully saturated rings. The smallest absolute Gasteiger partial charge is 0.208 e. The molecule has 128 valence electrons. The van der Waals surface area contributed by atoms with E-state index in [1.165, 1.54) is 6.26 Å². The van der Waals surface area contributed by atoms with Gasteiger partial charge in [0.15, 0.2) is 0 Å². The number of rotatable bonds is 5. The highest BCUT2D eigenvalue weighted by molar-refractivity contribution is 7.88. The fraction of sp³-hybridized carbons (Fsp3) is 1.00. The third-order valence-electron chi connectivity index (χ3n) is 5.49. The third-order valence-corrected chi connectivity index (χ3v) is 6.22. The normalized spacial score (nSPS) is 34.7. The van der Waals surface area contributed by atoms with Gasteiger partial charge < -0.3 is 9.47 Å². The van der Waals surface area contributed by atoms with Crippen LogP contribution < -0.4 is 4.72 Å². The van der Waals surface area contributed by atoms with Gasteiger partial charge in [-0.2, -0.15) is 0 Å². The van der Waals surface area contributed by atoms with Gasteiger partial charge in [-0.3, -0.25) is 4.90 Å². The Hall–Kier alpha value is -0.210. The summed E-state index contributed by atoms with van der Waals surface area (Å²) in [6.07, 6.45) is 6.73. The lowest BCUT2D eigenvalue weighted by Gasteiger charge is -2.47. The maximum absolute atomic E-state index is 11.3. The minimum absolute atomic E-state index is 0.119. The van der Waals surface area contributed by atoms with Crippen LogP contribution >= 0.6 is 0 Å². The second-order valence-corrected chi connectivity index (χ2v) is 8.82. The predicted octanol–water partition coefficient (Wildman–Crippen LogP) is 0.586. The molecule has 1 N–H and O–H groups in total. The first-order valence-corrected chi connectivity index (χ1v) is 10.3. The summed E-state index contributed by atoms with van der Waals surface area (Å²) in [5, 5.41) is 0. The first-order chi connectivity index (χ1) is 10.5. The van der Waals surface area contributed by atoms with E-state index in [4.69, 9.17) is 9.47 Å². The van der Waals surface area contributed by atoms with Gasteiger partial charge in [0.1, 0.15) is 0 Å². The van der Waals surface area contributed by atoms with E-state index in [1.54, 1.807) is 0 Å². The molecule has 0 aliphatic carbocycles. The van der Waals surface area contributed by atoms with Crippen molar-refractivity contribution in [2.45, 2.75) is 44.2 Å². The molecule has 0 aromatic carbocycles. The predicted molar refractivity (Wildman–Crippen MR) is 84.3 cm³/mol. The number of nitrogens with zero attached hydrogens (tertiary/aromatic N) is 1.